The zero-order valence-corrected chi connectivity index (χ0v) is 16.8. The quantitative estimate of drug-likeness (QED) is 0.783. The molecule has 1 aromatic carbocycles. The topological polar surface area (TPSA) is 73.9 Å². The van der Waals surface area contributed by atoms with Crippen LogP contribution in [0.3, 0.4) is 0 Å². The van der Waals surface area contributed by atoms with Crippen LogP contribution in [0.1, 0.15) is 44.6 Å². The molecule has 1 heterocycles. The van der Waals surface area contributed by atoms with Gasteiger partial charge in [-0.25, -0.2) is 0 Å². The third-order valence-corrected chi connectivity index (χ3v) is 5.17. The number of allylic oxidation sites excluding steroid dienone is 2. The van der Waals surface area contributed by atoms with Gasteiger partial charge in [-0.1, -0.05) is 12.6 Å². The van der Waals surface area contributed by atoms with Crippen molar-refractivity contribution in [1.82, 2.24) is 5.32 Å². The fourth-order valence-corrected chi connectivity index (χ4v) is 3.99. The lowest BCUT2D eigenvalue weighted by molar-refractivity contribution is -0.151. The summed E-state index contributed by atoms with van der Waals surface area (Å²) >= 11 is 0. The minimum absolute atomic E-state index is 0.0477. The molecule has 0 bridgehead atoms. The number of carbonyl (C=O) groups is 2. The van der Waals surface area contributed by atoms with Gasteiger partial charge in [0.2, 0.25) is 0 Å². The van der Waals surface area contributed by atoms with Gasteiger partial charge in [0.25, 0.3) is 0 Å². The van der Waals surface area contributed by atoms with Crippen molar-refractivity contribution in [3.8, 4) is 11.5 Å². The van der Waals surface area contributed by atoms with Crippen LogP contribution in [-0.2, 0) is 14.3 Å². The van der Waals surface area contributed by atoms with Gasteiger partial charge in [0.15, 0.2) is 5.78 Å². The molecule has 2 atom stereocenters. The molecule has 28 heavy (non-hydrogen) atoms. The van der Waals surface area contributed by atoms with Crippen LogP contribution in [0.2, 0.25) is 0 Å². The summed E-state index contributed by atoms with van der Waals surface area (Å²) in [6, 6.07) is 5.42. The minimum atomic E-state index is -0.717. The summed E-state index contributed by atoms with van der Waals surface area (Å²) < 4.78 is 16.4. The molecule has 0 radical (unpaired) electrons. The Morgan fingerprint density at radius 3 is 2.61 bits per heavy atom. The number of hydrogen-bond acceptors (Lipinski definition) is 6. The highest BCUT2D eigenvalue weighted by molar-refractivity contribution is 6.00. The molecule has 0 saturated carbocycles. The third kappa shape index (κ3) is 3.63. The Morgan fingerprint density at radius 2 is 1.96 bits per heavy atom. The van der Waals surface area contributed by atoms with Crippen molar-refractivity contribution < 1.29 is 23.8 Å². The van der Waals surface area contributed by atoms with E-state index in [1.165, 1.54) is 0 Å². The molecular weight excluding hydrogens is 358 g/mol. The van der Waals surface area contributed by atoms with Crippen LogP contribution in [0.25, 0.3) is 0 Å². The number of ketones is 1. The highest BCUT2D eigenvalue weighted by atomic mass is 16.5. The maximum absolute atomic E-state index is 13.0. The Kier molecular flexibility index (Phi) is 5.77. The molecule has 0 spiro atoms. The van der Waals surface area contributed by atoms with Gasteiger partial charge in [-0.2, -0.15) is 0 Å². The smallest absolute Gasteiger partial charge is 0.316 e. The largest absolute Gasteiger partial charge is 0.497 e. The van der Waals surface area contributed by atoms with E-state index in [1.807, 2.05) is 6.07 Å². The SMILES string of the molecule is C=C1NC2=C(C(=O)CCC2)C(c2ccc(OC)cc2OC)C1C(=O)OC(C)C. The van der Waals surface area contributed by atoms with Crippen LogP contribution in [0, 0.1) is 5.92 Å². The predicted molar refractivity (Wildman–Crippen MR) is 105 cm³/mol. The highest BCUT2D eigenvalue weighted by Crippen LogP contribution is 2.47. The van der Waals surface area contributed by atoms with Crippen LogP contribution in [0.5, 0.6) is 11.5 Å². The molecule has 0 saturated heterocycles. The second-order valence-corrected chi connectivity index (χ2v) is 7.37. The van der Waals surface area contributed by atoms with E-state index in [1.54, 1.807) is 40.2 Å². The van der Waals surface area contributed by atoms with Gasteiger partial charge in [0.05, 0.1) is 20.3 Å². The zero-order chi connectivity index (χ0) is 20.4. The lowest BCUT2D eigenvalue weighted by Gasteiger charge is -2.38. The first-order chi connectivity index (χ1) is 13.4. The first-order valence-corrected chi connectivity index (χ1v) is 9.51. The van der Waals surface area contributed by atoms with Crippen LogP contribution in [0.4, 0.5) is 0 Å². The Morgan fingerprint density at radius 1 is 1.21 bits per heavy atom. The second-order valence-electron chi connectivity index (χ2n) is 7.37. The normalized spacial score (nSPS) is 21.9. The maximum Gasteiger partial charge on any atom is 0.316 e. The second kappa shape index (κ2) is 8.09. The summed E-state index contributed by atoms with van der Waals surface area (Å²) in [5.41, 5.74) is 2.77. The van der Waals surface area contributed by atoms with Crippen molar-refractivity contribution in [1.29, 1.82) is 0 Å². The summed E-state index contributed by atoms with van der Waals surface area (Å²) in [5, 5.41) is 3.21. The molecule has 1 N–H and O–H groups in total. The zero-order valence-electron chi connectivity index (χ0n) is 16.8. The van der Waals surface area contributed by atoms with Gasteiger partial charge in [0.1, 0.15) is 17.4 Å². The lowest BCUT2D eigenvalue weighted by Crippen LogP contribution is -2.41. The van der Waals surface area contributed by atoms with E-state index in [2.05, 4.69) is 11.9 Å². The first kappa shape index (κ1) is 20.0. The van der Waals surface area contributed by atoms with Gasteiger partial charge >= 0.3 is 5.97 Å². The van der Waals surface area contributed by atoms with Crippen molar-refractivity contribution in [2.24, 2.45) is 5.92 Å². The van der Waals surface area contributed by atoms with Crippen molar-refractivity contribution in [3.05, 3.63) is 47.3 Å². The summed E-state index contributed by atoms with van der Waals surface area (Å²) in [6.07, 6.45) is 1.73. The van der Waals surface area contributed by atoms with E-state index in [4.69, 9.17) is 14.2 Å². The molecule has 6 nitrogen and oxygen atoms in total. The number of ether oxygens (including phenoxy) is 3. The predicted octanol–water partition coefficient (Wildman–Crippen LogP) is 3.48. The monoisotopic (exact) mass is 385 g/mol. The van der Waals surface area contributed by atoms with Gasteiger partial charge in [-0.3, -0.25) is 9.59 Å². The average Bonchev–Trinajstić information content (AvgIpc) is 2.65. The number of rotatable bonds is 5. The molecule has 1 aliphatic heterocycles. The van der Waals surface area contributed by atoms with E-state index in [0.717, 1.165) is 24.1 Å². The van der Waals surface area contributed by atoms with Crippen molar-refractivity contribution in [3.63, 3.8) is 0 Å². The fourth-order valence-electron chi connectivity index (χ4n) is 3.99. The Balaban J connectivity index is 2.18. The van der Waals surface area contributed by atoms with Gasteiger partial charge < -0.3 is 19.5 Å². The third-order valence-electron chi connectivity index (χ3n) is 5.17. The summed E-state index contributed by atoms with van der Waals surface area (Å²) in [4.78, 5) is 25.9. The first-order valence-electron chi connectivity index (χ1n) is 9.51. The molecule has 3 rings (SSSR count). The van der Waals surface area contributed by atoms with Crippen molar-refractivity contribution in [2.45, 2.75) is 45.1 Å². The molecule has 0 amide bonds. The Labute approximate surface area is 165 Å². The Hall–Kier alpha value is -2.76. The number of hydrogen-bond donors (Lipinski definition) is 1. The van der Waals surface area contributed by atoms with Crippen molar-refractivity contribution >= 4 is 11.8 Å². The molecule has 6 heteroatoms. The summed E-state index contributed by atoms with van der Waals surface area (Å²) in [7, 11) is 3.14. The lowest BCUT2D eigenvalue weighted by atomic mass is 9.71. The molecule has 0 fully saturated rings. The number of benzene rings is 1. The van der Waals surface area contributed by atoms with Gasteiger partial charge in [0, 0.05) is 40.9 Å². The van der Waals surface area contributed by atoms with Gasteiger partial charge in [-0.15, -0.1) is 0 Å². The van der Waals surface area contributed by atoms with Crippen LogP contribution in [-0.4, -0.2) is 32.1 Å². The molecule has 0 aromatic heterocycles. The fraction of sp³-hybridized carbons (Fsp3) is 0.455. The number of methoxy groups -OCH3 is 2. The van der Waals surface area contributed by atoms with E-state index in [9.17, 15) is 9.59 Å². The standard InChI is InChI=1S/C22H27NO5/c1-12(2)28-22(25)19-13(3)23-16-7-6-8-17(24)21(16)20(19)15-10-9-14(26-4)11-18(15)27-5/h9-12,19-20,23H,3,6-8H2,1-2,4-5H3. The minimum Gasteiger partial charge on any atom is -0.497 e. The molecule has 1 aliphatic carbocycles. The number of esters is 1. The van der Waals surface area contributed by atoms with Crippen LogP contribution < -0.4 is 14.8 Å². The molecular formula is C22H27NO5. The van der Waals surface area contributed by atoms with Gasteiger partial charge in [-0.05, 0) is 32.8 Å². The Bertz CT molecular complexity index is 839. The number of Topliss-reactive ketones (excluding diaryl/α,β-unsaturated/α-hetero) is 1. The van der Waals surface area contributed by atoms with E-state index in [-0.39, 0.29) is 11.9 Å². The molecule has 2 aliphatic rings. The van der Waals surface area contributed by atoms with Crippen LogP contribution in [0.15, 0.2) is 41.7 Å². The van der Waals surface area contributed by atoms with E-state index in [0.29, 0.717) is 29.2 Å². The maximum atomic E-state index is 13.0. The number of nitrogens with one attached hydrogen (secondary N) is 1. The summed E-state index contributed by atoms with van der Waals surface area (Å²) in [5.74, 6) is -0.383. The molecule has 2 unspecified atom stereocenters. The molecule has 150 valence electrons. The molecule has 1 aromatic rings. The number of carbonyl (C=O) groups excluding carboxylic acids is 2. The average molecular weight is 385 g/mol. The van der Waals surface area contributed by atoms with E-state index >= 15 is 0 Å². The van der Waals surface area contributed by atoms with E-state index < -0.39 is 17.8 Å². The van der Waals surface area contributed by atoms with Crippen LogP contribution >= 0.6 is 0 Å². The van der Waals surface area contributed by atoms with Crippen molar-refractivity contribution in [2.75, 3.05) is 14.2 Å². The summed E-state index contributed by atoms with van der Waals surface area (Å²) in [6.45, 7) is 7.69. The highest BCUT2D eigenvalue weighted by Gasteiger charge is 2.45.